The van der Waals surface area contributed by atoms with E-state index in [2.05, 4.69) is 121 Å². The minimum absolute atomic E-state index is 0.749. The van der Waals surface area contributed by atoms with Crippen LogP contribution >= 0.6 is 22.7 Å². The number of aromatic nitrogens is 2. The number of thiophene rings is 2. The van der Waals surface area contributed by atoms with E-state index in [0.29, 0.717) is 0 Å². The van der Waals surface area contributed by atoms with Gasteiger partial charge in [-0.15, -0.1) is 22.7 Å². The molecule has 4 heteroatoms. The van der Waals surface area contributed by atoms with Gasteiger partial charge in [0.2, 0.25) is 0 Å². The summed E-state index contributed by atoms with van der Waals surface area (Å²) < 4.78 is 5.15. The van der Waals surface area contributed by atoms with Crippen LogP contribution in [0.2, 0.25) is 0 Å². The molecule has 0 radical (unpaired) electrons. The molecule has 0 unspecified atom stereocenters. The number of benzene rings is 7. The minimum atomic E-state index is 0.749. The van der Waals surface area contributed by atoms with E-state index in [9.17, 15) is 0 Å². The van der Waals surface area contributed by atoms with Crippen molar-refractivity contribution in [2.24, 2.45) is 0 Å². The van der Waals surface area contributed by atoms with Gasteiger partial charge in [-0.25, -0.2) is 9.97 Å². The highest BCUT2D eigenvalue weighted by molar-refractivity contribution is 7.26. The molecule has 0 saturated heterocycles. The van der Waals surface area contributed by atoms with E-state index >= 15 is 0 Å². The van der Waals surface area contributed by atoms with Crippen molar-refractivity contribution in [2.45, 2.75) is 0 Å². The number of fused-ring (bicyclic) bond motifs is 12. The van der Waals surface area contributed by atoms with Crippen LogP contribution in [0, 0.1) is 0 Å². The second-order valence-electron chi connectivity index (χ2n) is 11.3. The van der Waals surface area contributed by atoms with Gasteiger partial charge in [0.25, 0.3) is 0 Å². The van der Waals surface area contributed by atoms with E-state index in [-0.39, 0.29) is 0 Å². The molecule has 0 aliphatic rings. The summed E-state index contributed by atoms with van der Waals surface area (Å²) in [6, 6.07) is 46.2. The van der Waals surface area contributed by atoms with Crippen molar-refractivity contribution in [2.75, 3.05) is 0 Å². The van der Waals surface area contributed by atoms with Gasteiger partial charge in [-0.05, 0) is 74.8 Å². The maximum absolute atomic E-state index is 5.13. The Hall–Kier alpha value is -5.16. The summed E-state index contributed by atoms with van der Waals surface area (Å²) in [7, 11) is 0. The fourth-order valence-corrected chi connectivity index (χ4v) is 9.24. The zero-order valence-electron chi connectivity index (χ0n) is 23.4. The third-order valence-corrected chi connectivity index (χ3v) is 11.3. The lowest BCUT2D eigenvalue weighted by atomic mass is 9.93. The standard InChI is InChI=1S/C40H22N2S2/c1-3-10-26-24(8-1)25-9-2-4-11-27(25)32-22-38-34(21-31(26)32)33-20-23(16-17-37(33)43-38)40-41-19-18-35(42-40)30-14-7-13-29-28-12-5-6-15-36(28)44-39(29)30/h1-22H. The average Bonchev–Trinajstić information content (AvgIpc) is 3.65. The van der Waals surface area contributed by atoms with Crippen LogP contribution in [0.5, 0.6) is 0 Å². The van der Waals surface area contributed by atoms with E-state index in [0.717, 1.165) is 22.6 Å². The molecule has 0 saturated carbocycles. The molecule has 2 nitrogen and oxygen atoms in total. The van der Waals surface area contributed by atoms with E-state index in [4.69, 9.17) is 9.97 Å². The van der Waals surface area contributed by atoms with E-state index in [1.54, 1.807) is 0 Å². The van der Waals surface area contributed by atoms with Crippen molar-refractivity contribution in [3.63, 3.8) is 0 Å². The third kappa shape index (κ3) is 3.47. The first kappa shape index (κ1) is 24.3. The van der Waals surface area contributed by atoms with Crippen LogP contribution < -0.4 is 0 Å². The van der Waals surface area contributed by atoms with Gasteiger partial charge in [0.15, 0.2) is 5.82 Å². The molecule has 0 N–H and O–H groups in total. The molecule has 0 spiro atoms. The van der Waals surface area contributed by atoms with Crippen molar-refractivity contribution >= 4 is 95.3 Å². The molecule has 0 aliphatic heterocycles. The third-order valence-electron chi connectivity index (χ3n) is 8.93. The first-order chi connectivity index (χ1) is 21.8. The van der Waals surface area contributed by atoms with Crippen LogP contribution in [-0.2, 0) is 0 Å². The summed E-state index contributed by atoms with van der Waals surface area (Å²) >= 11 is 3.69. The van der Waals surface area contributed by atoms with Crippen LogP contribution in [-0.4, -0.2) is 9.97 Å². The Morgan fingerprint density at radius 3 is 1.84 bits per heavy atom. The molecule has 3 aromatic heterocycles. The van der Waals surface area contributed by atoms with Crippen LogP contribution in [0.15, 0.2) is 134 Å². The molecule has 0 aliphatic carbocycles. The van der Waals surface area contributed by atoms with Gasteiger partial charge in [0.1, 0.15) is 0 Å². The number of nitrogens with zero attached hydrogens (tertiary/aromatic N) is 2. The molecule has 3 heterocycles. The van der Waals surface area contributed by atoms with Gasteiger partial charge < -0.3 is 0 Å². The molecular formula is C40H22N2S2. The molecule has 7 aromatic carbocycles. The predicted octanol–water partition coefficient (Wildman–Crippen LogP) is 12.0. The minimum Gasteiger partial charge on any atom is -0.237 e. The number of rotatable bonds is 2. The fraction of sp³-hybridized carbons (Fsp3) is 0. The first-order valence-corrected chi connectivity index (χ1v) is 16.4. The predicted molar refractivity (Wildman–Crippen MR) is 191 cm³/mol. The maximum atomic E-state index is 5.13. The van der Waals surface area contributed by atoms with Gasteiger partial charge in [-0.2, -0.15) is 0 Å². The Labute approximate surface area is 260 Å². The maximum Gasteiger partial charge on any atom is 0.159 e. The smallest absolute Gasteiger partial charge is 0.159 e. The van der Waals surface area contributed by atoms with Crippen molar-refractivity contribution in [3.05, 3.63) is 134 Å². The number of hydrogen-bond acceptors (Lipinski definition) is 4. The summed E-state index contributed by atoms with van der Waals surface area (Å²) in [4.78, 5) is 9.88. The zero-order valence-corrected chi connectivity index (χ0v) is 25.0. The van der Waals surface area contributed by atoms with Gasteiger partial charge in [0.05, 0.1) is 5.69 Å². The normalized spacial score (nSPS) is 12.1. The number of hydrogen-bond donors (Lipinski definition) is 0. The van der Waals surface area contributed by atoms with E-state index in [1.807, 2.05) is 34.9 Å². The van der Waals surface area contributed by atoms with Crippen LogP contribution in [0.4, 0.5) is 0 Å². The first-order valence-electron chi connectivity index (χ1n) is 14.7. The Morgan fingerprint density at radius 2 is 1.05 bits per heavy atom. The largest absolute Gasteiger partial charge is 0.237 e. The van der Waals surface area contributed by atoms with E-state index in [1.165, 1.54) is 72.7 Å². The van der Waals surface area contributed by atoms with Crippen molar-refractivity contribution < 1.29 is 0 Å². The van der Waals surface area contributed by atoms with Gasteiger partial charge >= 0.3 is 0 Å². The summed E-state index contributed by atoms with van der Waals surface area (Å²) in [6.45, 7) is 0. The molecule has 10 rings (SSSR count). The van der Waals surface area contributed by atoms with Crippen molar-refractivity contribution in [1.82, 2.24) is 9.97 Å². The second kappa shape index (κ2) is 9.17. The lowest BCUT2D eigenvalue weighted by Gasteiger charge is -2.10. The van der Waals surface area contributed by atoms with Gasteiger partial charge in [-0.1, -0.05) is 84.9 Å². The topological polar surface area (TPSA) is 25.8 Å². The van der Waals surface area contributed by atoms with Gasteiger partial charge in [-0.3, -0.25) is 0 Å². The highest BCUT2D eigenvalue weighted by atomic mass is 32.1. The SMILES string of the molecule is c1ccc2c(c1)sc1c(-c3ccnc(-c4ccc5sc6cc7c8ccccc8c8ccccc8c7cc6c5c4)n3)cccc12. The zero-order chi connectivity index (χ0) is 28.8. The lowest BCUT2D eigenvalue weighted by Crippen LogP contribution is -1.91. The molecule has 44 heavy (non-hydrogen) atoms. The Balaban J connectivity index is 1.17. The average molecular weight is 595 g/mol. The fourth-order valence-electron chi connectivity index (χ4n) is 6.91. The monoisotopic (exact) mass is 594 g/mol. The highest BCUT2D eigenvalue weighted by Crippen LogP contribution is 2.43. The highest BCUT2D eigenvalue weighted by Gasteiger charge is 2.15. The molecule has 204 valence electrons. The van der Waals surface area contributed by atoms with Crippen molar-refractivity contribution in [1.29, 1.82) is 0 Å². The van der Waals surface area contributed by atoms with Crippen LogP contribution in [0.3, 0.4) is 0 Å². The second-order valence-corrected chi connectivity index (χ2v) is 13.5. The quantitative estimate of drug-likeness (QED) is 0.186. The lowest BCUT2D eigenvalue weighted by molar-refractivity contribution is 1.18. The molecule has 0 fully saturated rings. The van der Waals surface area contributed by atoms with Crippen LogP contribution in [0.1, 0.15) is 0 Å². The molecule has 0 amide bonds. The summed E-state index contributed by atoms with van der Waals surface area (Å²) in [6.07, 6.45) is 1.89. The summed E-state index contributed by atoms with van der Waals surface area (Å²) in [5.74, 6) is 0.749. The molecule has 0 atom stereocenters. The van der Waals surface area contributed by atoms with Crippen LogP contribution in [0.25, 0.3) is 95.3 Å². The van der Waals surface area contributed by atoms with Gasteiger partial charge in [0, 0.05) is 57.7 Å². The Kier molecular flexibility index (Phi) is 5.06. The summed E-state index contributed by atoms with van der Waals surface area (Å²) in [5, 5.41) is 12.9. The summed E-state index contributed by atoms with van der Waals surface area (Å²) in [5.41, 5.74) is 3.14. The molecule has 10 aromatic rings. The van der Waals surface area contributed by atoms with Crippen molar-refractivity contribution in [3.8, 4) is 22.6 Å². The molecule has 0 bridgehead atoms. The Morgan fingerprint density at radius 1 is 0.409 bits per heavy atom. The Bertz CT molecular complexity index is 2790. The van der Waals surface area contributed by atoms with E-state index < -0.39 is 0 Å². The molecular weight excluding hydrogens is 573 g/mol.